The molecule has 2 N–H and O–H groups in total. The third-order valence-corrected chi connectivity index (χ3v) is 4.20. The topological polar surface area (TPSA) is 41.1 Å². The fraction of sp³-hybridized carbons (Fsp3) is 0.929. The van der Waals surface area contributed by atoms with Gasteiger partial charge in [-0.15, -0.1) is 0 Å². The summed E-state index contributed by atoms with van der Waals surface area (Å²) >= 11 is 0. The van der Waals surface area contributed by atoms with Crippen molar-refractivity contribution in [1.29, 1.82) is 0 Å². The Morgan fingerprint density at radius 2 is 1.82 bits per heavy atom. The van der Waals surface area contributed by atoms with Gasteiger partial charge in [-0.3, -0.25) is 4.79 Å². The van der Waals surface area contributed by atoms with Gasteiger partial charge in [0.2, 0.25) is 5.91 Å². The lowest BCUT2D eigenvalue weighted by Crippen LogP contribution is -2.46. The number of hydrogen-bond acceptors (Lipinski definition) is 2. The molecule has 1 aliphatic carbocycles. The quantitative estimate of drug-likeness (QED) is 0.788. The number of rotatable bonds is 4. The minimum Gasteiger partial charge on any atom is -0.355 e. The molecule has 0 radical (unpaired) electrons. The van der Waals surface area contributed by atoms with Gasteiger partial charge in [0.15, 0.2) is 0 Å². The van der Waals surface area contributed by atoms with E-state index >= 15 is 0 Å². The summed E-state index contributed by atoms with van der Waals surface area (Å²) in [4.78, 5) is 11.9. The van der Waals surface area contributed by atoms with Gasteiger partial charge in [0.25, 0.3) is 0 Å². The smallest absolute Gasteiger partial charge is 0.237 e. The number of hydrogen-bond donors (Lipinski definition) is 2. The SMILES string of the molecule is O=C(NCCC1CCCCC1)C1CCCCN1. The molecule has 1 unspecified atom stereocenters. The van der Waals surface area contributed by atoms with Crippen molar-refractivity contribution in [3.05, 3.63) is 0 Å². The molecule has 1 saturated carbocycles. The van der Waals surface area contributed by atoms with Gasteiger partial charge in [-0.2, -0.15) is 0 Å². The van der Waals surface area contributed by atoms with Crippen molar-refractivity contribution in [1.82, 2.24) is 10.6 Å². The lowest BCUT2D eigenvalue weighted by molar-refractivity contribution is -0.123. The molecule has 0 aromatic heterocycles. The fourth-order valence-corrected chi connectivity index (χ4v) is 3.07. The van der Waals surface area contributed by atoms with Gasteiger partial charge in [-0.05, 0) is 31.7 Å². The average Bonchev–Trinajstić information content (AvgIpc) is 2.41. The van der Waals surface area contributed by atoms with Gasteiger partial charge in [0.1, 0.15) is 0 Å². The Morgan fingerprint density at radius 3 is 2.53 bits per heavy atom. The Labute approximate surface area is 105 Å². The number of nitrogens with one attached hydrogen (secondary N) is 2. The van der Waals surface area contributed by atoms with Crippen molar-refractivity contribution in [3.8, 4) is 0 Å². The van der Waals surface area contributed by atoms with Gasteiger partial charge in [0, 0.05) is 6.54 Å². The standard InChI is InChI=1S/C14H26N2O/c17-14(13-8-4-5-10-15-13)16-11-9-12-6-2-1-3-7-12/h12-13,15H,1-11H2,(H,16,17). The average molecular weight is 238 g/mol. The Balaban J connectivity index is 1.58. The summed E-state index contributed by atoms with van der Waals surface area (Å²) in [5.74, 6) is 1.09. The lowest BCUT2D eigenvalue weighted by atomic mass is 9.87. The molecular weight excluding hydrogens is 212 g/mol. The number of carbonyl (C=O) groups excluding carboxylic acids is 1. The zero-order valence-electron chi connectivity index (χ0n) is 10.8. The zero-order valence-corrected chi connectivity index (χ0v) is 10.8. The molecule has 2 aliphatic rings. The first kappa shape index (κ1) is 12.9. The molecule has 1 amide bonds. The molecule has 17 heavy (non-hydrogen) atoms. The molecule has 1 aliphatic heterocycles. The van der Waals surface area contributed by atoms with Gasteiger partial charge < -0.3 is 10.6 Å². The first-order valence-electron chi connectivity index (χ1n) is 7.37. The summed E-state index contributed by atoms with van der Waals surface area (Å²) in [6.07, 6.45) is 11.5. The van der Waals surface area contributed by atoms with E-state index in [-0.39, 0.29) is 11.9 Å². The van der Waals surface area contributed by atoms with Crippen molar-refractivity contribution in [2.24, 2.45) is 5.92 Å². The molecule has 3 heteroatoms. The summed E-state index contributed by atoms with van der Waals surface area (Å²) in [6, 6.07) is 0.0788. The van der Waals surface area contributed by atoms with Gasteiger partial charge in [-0.25, -0.2) is 0 Å². The molecular formula is C14H26N2O. The largest absolute Gasteiger partial charge is 0.355 e. The predicted octanol–water partition coefficient (Wildman–Crippen LogP) is 2.22. The summed E-state index contributed by atoms with van der Waals surface area (Å²) in [5.41, 5.74) is 0. The van der Waals surface area contributed by atoms with Crippen LogP contribution in [0.5, 0.6) is 0 Å². The van der Waals surface area contributed by atoms with Crippen LogP contribution in [0.3, 0.4) is 0 Å². The van der Waals surface area contributed by atoms with E-state index in [1.54, 1.807) is 0 Å². The van der Waals surface area contributed by atoms with Crippen LogP contribution < -0.4 is 10.6 Å². The van der Waals surface area contributed by atoms with Crippen LogP contribution in [0.1, 0.15) is 57.8 Å². The highest BCUT2D eigenvalue weighted by Crippen LogP contribution is 2.25. The molecule has 0 aromatic carbocycles. The van der Waals surface area contributed by atoms with E-state index < -0.39 is 0 Å². The lowest BCUT2D eigenvalue weighted by Gasteiger charge is -2.24. The second-order valence-electron chi connectivity index (χ2n) is 5.59. The highest BCUT2D eigenvalue weighted by molar-refractivity contribution is 5.81. The molecule has 1 atom stereocenters. The van der Waals surface area contributed by atoms with Crippen molar-refractivity contribution >= 4 is 5.91 Å². The number of carbonyl (C=O) groups is 1. The van der Waals surface area contributed by atoms with Crippen molar-refractivity contribution < 1.29 is 4.79 Å². The van der Waals surface area contributed by atoms with E-state index in [1.165, 1.54) is 51.4 Å². The first-order valence-corrected chi connectivity index (χ1v) is 7.37. The molecule has 2 fully saturated rings. The van der Waals surface area contributed by atoms with E-state index in [1.807, 2.05) is 0 Å². The van der Waals surface area contributed by atoms with Gasteiger partial charge in [0.05, 0.1) is 6.04 Å². The van der Waals surface area contributed by atoms with Crippen molar-refractivity contribution in [3.63, 3.8) is 0 Å². The molecule has 1 heterocycles. The van der Waals surface area contributed by atoms with E-state index in [0.717, 1.165) is 25.4 Å². The second-order valence-corrected chi connectivity index (χ2v) is 5.59. The minimum absolute atomic E-state index is 0.0788. The monoisotopic (exact) mass is 238 g/mol. The van der Waals surface area contributed by atoms with E-state index in [2.05, 4.69) is 10.6 Å². The Morgan fingerprint density at radius 1 is 1.06 bits per heavy atom. The van der Waals surface area contributed by atoms with Gasteiger partial charge >= 0.3 is 0 Å². The maximum absolute atomic E-state index is 11.9. The second kappa shape index (κ2) is 7.00. The van der Waals surface area contributed by atoms with E-state index in [4.69, 9.17) is 0 Å². The van der Waals surface area contributed by atoms with Crippen LogP contribution in [0.2, 0.25) is 0 Å². The summed E-state index contributed by atoms with van der Waals surface area (Å²) in [5, 5.41) is 6.39. The van der Waals surface area contributed by atoms with Crippen LogP contribution in [0.15, 0.2) is 0 Å². The molecule has 0 bridgehead atoms. The zero-order chi connectivity index (χ0) is 11.9. The van der Waals surface area contributed by atoms with Crippen LogP contribution in [0.4, 0.5) is 0 Å². The summed E-state index contributed by atoms with van der Waals surface area (Å²) in [6.45, 7) is 1.88. The van der Waals surface area contributed by atoms with Crippen molar-refractivity contribution in [2.75, 3.05) is 13.1 Å². The van der Waals surface area contributed by atoms with E-state index in [9.17, 15) is 4.79 Å². The molecule has 0 spiro atoms. The normalized spacial score (nSPS) is 26.7. The highest BCUT2D eigenvalue weighted by Gasteiger charge is 2.20. The van der Waals surface area contributed by atoms with Crippen LogP contribution in [0.25, 0.3) is 0 Å². The van der Waals surface area contributed by atoms with Crippen LogP contribution >= 0.6 is 0 Å². The van der Waals surface area contributed by atoms with Crippen LogP contribution in [-0.4, -0.2) is 25.0 Å². The molecule has 1 saturated heterocycles. The molecule has 2 rings (SSSR count). The fourth-order valence-electron chi connectivity index (χ4n) is 3.07. The maximum Gasteiger partial charge on any atom is 0.237 e. The van der Waals surface area contributed by atoms with Gasteiger partial charge in [-0.1, -0.05) is 38.5 Å². The number of amides is 1. The number of piperidine rings is 1. The molecule has 98 valence electrons. The third-order valence-electron chi connectivity index (χ3n) is 4.20. The Hall–Kier alpha value is -0.570. The minimum atomic E-state index is 0.0788. The Kier molecular flexibility index (Phi) is 5.30. The summed E-state index contributed by atoms with van der Waals surface area (Å²) < 4.78 is 0. The van der Waals surface area contributed by atoms with E-state index in [0.29, 0.717) is 0 Å². The van der Waals surface area contributed by atoms with Crippen LogP contribution in [-0.2, 0) is 4.79 Å². The molecule has 0 aromatic rings. The highest BCUT2D eigenvalue weighted by atomic mass is 16.2. The molecule has 3 nitrogen and oxygen atoms in total. The summed E-state index contributed by atoms with van der Waals surface area (Å²) in [7, 11) is 0. The van der Waals surface area contributed by atoms with Crippen LogP contribution in [0, 0.1) is 5.92 Å². The van der Waals surface area contributed by atoms with Crippen molar-refractivity contribution in [2.45, 2.75) is 63.8 Å². The predicted molar refractivity (Wildman–Crippen MR) is 69.8 cm³/mol. The third kappa shape index (κ3) is 4.30. The first-order chi connectivity index (χ1) is 8.36. The maximum atomic E-state index is 11.9. The Bertz CT molecular complexity index is 230.